The minimum Gasteiger partial charge on any atom is -0.458 e. The Kier molecular flexibility index (Phi) is 4.30. The van der Waals surface area contributed by atoms with Crippen LogP contribution in [0.15, 0.2) is 30.3 Å². The second-order valence-electron chi connectivity index (χ2n) is 8.26. The first-order valence-corrected chi connectivity index (χ1v) is 10.8. The van der Waals surface area contributed by atoms with E-state index in [4.69, 9.17) is 9.16 Å². The fraction of sp³-hybridized carbons (Fsp3) is 0.611. The van der Waals surface area contributed by atoms with Gasteiger partial charge in [-0.15, -0.1) is 0 Å². The number of hydrogen-bond donors (Lipinski definition) is 0. The lowest BCUT2D eigenvalue weighted by molar-refractivity contribution is -0.216. The second-order valence-corrected chi connectivity index (χ2v) is 13.0. The summed E-state index contributed by atoms with van der Waals surface area (Å²) in [7, 11) is -1.97. The van der Waals surface area contributed by atoms with Crippen molar-refractivity contribution < 1.29 is 14.0 Å². The van der Waals surface area contributed by atoms with E-state index in [1.165, 1.54) is 0 Å². The van der Waals surface area contributed by atoms with E-state index >= 15 is 0 Å². The summed E-state index contributed by atoms with van der Waals surface area (Å²) >= 11 is 0. The monoisotopic (exact) mass is 320 g/mol. The van der Waals surface area contributed by atoms with Crippen LogP contribution < -0.4 is 0 Å². The second kappa shape index (κ2) is 5.50. The van der Waals surface area contributed by atoms with E-state index in [9.17, 15) is 4.79 Å². The molecule has 1 heterocycles. The fourth-order valence-electron chi connectivity index (χ4n) is 2.35. The van der Waals surface area contributed by atoms with Crippen molar-refractivity contribution in [3.05, 3.63) is 35.9 Å². The van der Waals surface area contributed by atoms with Gasteiger partial charge in [-0.3, -0.25) is 4.79 Å². The maximum absolute atomic E-state index is 11.8. The van der Waals surface area contributed by atoms with Gasteiger partial charge in [-0.2, -0.15) is 0 Å². The molecule has 2 rings (SSSR count). The maximum Gasteiger partial charge on any atom is 0.315 e. The topological polar surface area (TPSA) is 35.5 Å². The van der Waals surface area contributed by atoms with Gasteiger partial charge in [0, 0.05) is 0 Å². The van der Waals surface area contributed by atoms with E-state index in [0.29, 0.717) is 0 Å². The Hall–Kier alpha value is -1.13. The molecule has 122 valence electrons. The summed E-state index contributed by atoms with van der Waals surface area (Å²) in [5, 5.41) is 0.109. The van der Waals surface area contributed by atoms with Crippen molar-refractivity contribution in [1.29, 1.82) is 0 Å². The molecule has 3 nitrogen and oxygen atoms in total. The third-order valence-electron chi connectivity index (χ3n) is 5.10. The molecule has 0 bridgehead atoms. The Bertz CT molecular complexity index is 543. The Morgan fingerprint density at radius 2 is 1.73 bits per heavy atom. The zero-order chi connectivity index (χ0) is 16.8. The van der Waals surface area contributed by atoms with Gasteiger partial charge >= 0.3 is 5.97 Å². The zero-order valence-corrected chi connectivity index (χ0v) is 15.8. The molecule has 0 radical (unpaired) electrons. The van der Waals surface area contributed by atoms with E-state index in [1.54, 1.807) is 0 Å². The van der Waals surface area contributed by atoms with Gasteiger partial charge in [-0.25, -0.2) is 0 Å². The molecule has 0 unspecified atom stereocenters. The first kappa shape index (κ1) is 17.2. The van der Waals surface area contributed by atoms with Gasteiger partial charge in [0.15, 0.2) is 8.32 Å². The Morgan fingerprint density at radius 3 is 2.14 bits per heavy atom. The minimum atomic E-state index is -1.97. The van der Waals surface area contributed by atoms with Crippen LogP contribution in [-0.4, -0.2) is 20.4 Å². The number of carbonyl (C=O) groups excluding carboxylic acids is 1. The SMILES string of the molecule is CC1(C)C(=O)O[C@@H]1[C@@H](O[Si](C)(C)C(C)(C)C)c1ccccc1. The first-order valence-electron chi connectivity index (χ1n) is 7.91. The molecule has 1 aromatic carbocycles. The van der Waals surface area contributed by atoms with Gasteiger partial charge in [0.2, 0.25) is 0 Å². The van der Waals surface area contributed by atoms with Gasteiger partial charge in [-0.05, 0) is 37.5 Å². The van der Waals surface area contributed by atoms with Crippen molar-refractivity contribution in [1.82, 2.24) is 0 Å². The number of esters is 1. The summed E-state index contributed by atoms with van der Waals surface area (Å²) in [5.41, 5.74) is 0.584. The molecule has 4 heteroatoms. The van der Waals surface area contributed by atoms with Crippen LogP contribution in [0.2, 0.25) is 18.1 Å². The lowest BCUT2D eigenvalue weighted by Gasteiger charge is -2.49. The molecular formula is C18H28O3Si. The molecule has 1 aromatic rings. The average Bonchev–Trinajstić information content (AvgIpc) is 2.42. The lowest BCUT2D eigenvalue weighted by atomic mass is 9.77. The summed E-state index contributed by atoms with van der Waals surface area (Å²) in [6.45, 7) is 15.0. The fourth-order valence-corrected chi connectivity index (χ4v) is 3.60. The highest BCUT2D eigenvalue weighted by Crippen LogP contribution is 2.48. The van der Waals surface area contributed by atoms with Gasteiger partial charge < -0.3 is 9.16 Å². The van der Waals surface area contributed by atoms with E-state index < -0.39 is 13.7 Å². The van der Waals surface area contributed by atoms with Crippen LogP contribution in [0, 0.1) is 5.41 Å². The number of ether oxygens (including phenoxy) is 1. The largest absolute Gasteiger partial charge is 0.458 e. The number of benzene rings is 1. The van der Waals surface area contributed by atoms with Crippen molar-refractivity contribution >= 4 is 14.3 Å². The summed E-state index contributed by atoms with van der Waals surface area (Å²) < 4.78 is 12.1. The highest BCUT2D eigenvalue weighted by atomic mass is 28.4. The van der Waals surface area contributed by atoms with Crippen molar-refractivity contribution in [2.75, 3.05) is 0 Å². The summed E-state index contributed by atoms with van der Waals surface area (Å²) in [4.78, 5) is 11.8. The molecule has 1 aliphatic heterocycles. The van der Waals surface area contributed by atoms with E-state index in [-0.39, 0.29) is 23.2 Å². The zero-order valence-electron chi connectivity index (χ0n) is 14.8. The molecule has 0 N–H and O–H groups in total. The molecule has 22 heavy (non-hydrogen) atoms. The number of cyclic esters (lactones) is 1. The minimum absolute atomic E-state index is 0.109. The number of carbonyl (C=O) groups is 1. The molecule has 0 spiro atoms. The van der Waals surface area contributed by atoms with E-state index in [2.05, 4.69) is 46.0 Å². The van der Waals surface area contributed by atoms with Crippen molar-refractivity contribution in [3.63, 3.8) is 0 Å². The van der Waals surface area contributed by atoms with E-state index in [0.717, 1.165) is 5.56 Å². The van der Waals surface area contributed by atoms with Gasteiger partial charge in [0.05, 0.1) is 0 Å². The molecule has 2 atom stereocenters. The molecule has 0 aromatic heterocycles. The van der Waals surface area contributed by atoms with Crippen LogP contribution in [-0.2, 0) is 14.0 Å². The van der Waals surface area contributed by atoms with Crippen molar-refractivity contribution in [2.45, 2.75) is 65.0 Å². The van der Waals surface area contributed by atoms with Gasteiger partial charge in [0.25, 0.3) is 0 Å². The maximum atomic E-state index is 11.8. The molecule has 1 fully saturated rings. The predicted octanol–water partition coefficient (Wildman–Crippen LogP) is 4.70. The van der Waals surface area contributed by atoms with Gasteiger partial charge in [0.1, 0.15) is 17.6 Å². The quantitative estimate of drug-likeness (QED) is 0.596. The van der Waals surface area contributed by atoms with Crippen LogP contribution in [0.1, 0.15) is 46.3 Å². The Labute approximate surface area is 135 Å². The molecule has 0 aliphatic carbocycles. The third kappa shape index (κ3) is 2.99. The number of hydrogen-bond acceptors (Lipinski definition) is 3. The molecule has 1 saturated heterocycles. The van der Waals surface area contributed by atoms with Crippen LogP contribution in [0.5, 0.6) is 0 Å². The summed E-state index contributed by atoms with van der Waals surface area (Å²) in [6, 6.07) is 10.1. The standard InChI is InChI=1S/C18H28O3Si/c1-17(2,3)22(6,7)21-14(13-11-9-8-10-12-13)15-18(4,5)16(19)20-15/h8-12,14-15H,1-7H3/t14-,15+/m0/s1. The normalized spacial score (nSPS) is 22.7. The molecule has 1 aliphatic rings. The van der Waals surface area contributed by atoms with Crippen LogP contribution in [0.25, 0.3) is 0 Å². The molecular weight excluding hydrogens is 292 g/mol. The van der Waals surface area contributed by atoms with Gasteiger partial charge in [-0.1, -0.05) is 51.1 Å². The third-order valence-corrected chi connectivity index (χ3v) is 9.56. The van der Waals surface area contributed by atoms with Crippen molar-refractivity contribution in [2.24, 2.45) is 5.41 Å². The molecule has 0 amide bonds. The Morgan fingerprint density at radius 1 is 1.18 bits per heavy atom. The smallest absolute Gasteiger partial charge is 0.315 e. The highest BCUT2D eigenvalue weighted by Gasteiger charge is 2.56. The van der Waals surface area contributed by atoms with Crippen molar-refractivity contribution in [3.8, 4) is 0 Å². The first-order chi connectivity index (χ1) is 9.97. The predicted molar refractivity (Wildman–Crippen MR) is 91.1 cm³/mol. The number of rotatable bonds is 4. The van der Waals surface area contributed by atoms with Crippen LogP contribution >= 0.6 is 0 Å². The summed E-state index contributed by atoms with van der Waals surface area (Å²) in [5.74, 6) is -0.141. The molecule has 0 saturated carbocycles. The van der Waals surface area contributed by atoms with Crippen LogP contribution in [0.4, 0.5) is 0 Å². The summed E-state index contributed by atoms with van der Waals surface area (Å²) in [6.07, 6.45) is -0.425. The van der Waals surface area contributed by atoms with E-state index in [1.807, 2.05) is 32.0 Å². The highest BCUT2D eigenvalue weighted by molar-refractivity contribution is 6.74. The Balaban J connectivity index is 2.34. The average molecular weight is 321 g/mol. The van der Waals surface area contributed by atoms with Crippen LogP contribution in [0.3, 0.4) is 0 Å². The lowest BCUT2D eigenvalue weighted by Crippen LogP contribution is -2.58.